The van der Waals surface area contributed by atoms with Crippen LogP contribution in [0.5, 0.6) is 0 Å². The van der Waals surface area contributed by atoms with Crippen molar-refractivity contribution in [3.8, 4) is 0 Å². The van der Waals surface area contributed by atoms with E-state index in [1.54, 1.807) is 0 Å². The van der Waals surface area contributed by atoms with E-state index >= 15 is 0 Å². The van der Waals surface area contributed by atoms with Crippen molar-refractivity contribution in [2.75, 3.05) is 13.1 Å². The minimum atomic E-state index is -0.963. The third-order valence-corrected chi connectivity index (χ3v) is 4.77. The second-order valence-corrected chi connectivity index (χ2v) is 7.80. The summed E-state index contributed by atoms with van der Waals surface area (Å²) in [4.78, 5) is 60.0. The number of carbonyl (C=O) groups is 4. The Morgan fingerprint density at radius 2 is 1.63 bits per heavy atom. The number of nitrogens with two attached hydrogens (primary N) is 3. The van der Waals surface area contributed by atoms with Crippen LogP contribution in [-0.4, -0.2) is 49.1 Å². The first-order chi connectivity index (χ1) is 18.2. The summed E-state index contributed by atoms with van der Waals surface area (Å²) in [5.74, 6) is -2.69. The number of carbonyl (C=O) groups excluding carboxylic acids is 4. The van der Waals surface area contributed by atoms with Gasteiger partial charge in [0, 0.05) is 6.54 Å². The number of allylic oxidation sites excluding steroid dienone is 2. The van der Waals surface area contributed by atoms with E-state index in [2.05, 4.69) is 26.4 Å². The van der Waals surface area contributed by atoms with Crippen molar-refractivity contribution >= 4 is 30.0 Å². The highest BCUT2D eigenvalue weighted by Crippen LogP contribution is 2.05. The first-order valence-electron chi connectivity index (χ1n) is 11.6. The van der Waals surface area contributed by atoms with Crippen molar-refractivity contribution < 1.29 is 19.2 Å². The third-order valence-electron chi connectivity index (χ3n) is 4.77. The van der Waals surface area contributed by atoms with E-state index in [1.807, 2.05) is 30.3 Å². The quantitative estimate of drug-likeness (QED) is 0.0330. The first kappa shape index (κ1) is 31.3. The molecule has 0 aliphatic rings. The van der Waals surface area contributed by atoms with Crippen molar-refractivity contribution in [2.45, 2.75) is 31.7 Å². The van der Waals surface area contributed by atoms with E-state index < -0.39 is 29.5 Å². The summed E-state index contributed by atoms with van der Waals surface area (Å²) in [6.07, 6.45) is 4.78. The van der Waals surface area contributed by atoms with Crippen LogP contribution in [0.3, 0.4) is 0 Å². The Balaban J connectivity index is 3.10. The number of hydrogen-bond acceptors (Lipinski definition) is 9. The lowest BCUT2D eigenvalue weighted by Crippen LogP contribution is -2.45. The second-order valence-electron chi connectivity index (χ2n) is 7.80. The predicted molar refractivity (Wildman–Crippen MR) is 141 cm³/mol. The smallest absolute Gasteiger partial charge is 0.271 e. The number of nitrogens with zero attached hydrogens (tertiary/aromatic N) is 1. The Morgan fingerprint density at radius 3 is 2.24 bits per heavy atom. The fraction of sp³-hybridized carbons (Fsp3) is 0.292. The Morgan fingerprint density at radius 1 is 1.00 bits per heavy atom. The topological polar surface area (TPSA) is 248 Å². The molecule has 0 saturated carbocycles. The highest BCUT2D eigenvalue weighted by Gasteiger charge is 2.21. The molecule has 3 amide bonds. The van der Waals surface area contributed by atoms with Crippen LogP contribution >= 0.6 is 0 Å². The number of nitrogens with one attached hydrogen (secondary N) is 5. The zero-order valence-corrected chi connectivity index (χ0v) is 20.7. The molecule has 0 spiro atoms. The molecule has 0 saturated heterocycles. The molecule has 0 aliphatic heterocycles. The number of guanidine groups is 1. The van der Waals surface area contributed by atoms with Crippen LogP contribution in [0, 0.1) is 10.3 Å². The van der Waals surface area contributed by atoms with Crippen molar-refractivity contribution in [3.63, 3.8) is 0 Å². The van der Waals surface area contributed by atoms with Crippen LogP contribution in [0.2, 0.25) is 0 Å². The van der Waals surface area contributed by atoms with Crippen LogP contribution in [0.4, 0.5) is 0 Å². The summed E-state index contributed by atoms with van der Waals surface area (Å²) in [6.45, 7) is 0.494. The summed E-state index contributed by atoms with van der Waals surface area (Å²) in [5, 5.41) is 19.2. The number of hydrogen-bond donors (Lipinski definition) is 8. The molecule has 0 heterocycles. The molecular formula is C24H33N9O5. The van der Waals surface area contributed by atoms with E-state index in [0.29, 0.717) is 25.6 Å². The summed E-state index contributed by atoms with van der Waals surface area (Å²) in [5.41, 5.74) is 16.7. The number of benzene rings is 1. The van der Waals surface area contributed by atoms with Gasteiger partial charge in [0.25, 0.3) is 11.8 Å². The van der Waals surface area contributed by atoms with Crippen molar-refractivity contribution in [2.24, 2.45) is 22.4 Å². The van der Waals surface area contributed by atoms with Gasteiger partial charge in [0.1, 0.15) is 17.1 Å². The van der Waals surface area contributed by atoms with Crippen molar-refractivity contribution in [1.29, 1.82) is 5.41 Å². The zero-order chi connectivity index (χ0) is 28.3. The molecule has 1 atom stereocenters. The fourth-order valence-electron chi connectivity index (χ4n) is 2.91. The predicted octanol–water partition coefficient (Wildman–Crippen LogP) is -0.908. The molecule has 0 aromatic heterocycles. The van der Waals surface area contributed by atoms with E-state index in [-0.39, 0.29) is 43.0 Å². The number of rotatable bonds is 16. The Kier molecular flexibility index (Phi) is 14.6. The third kappa shape index (κ3) is 12.3. The van der Waals surface area contributed by atoms with Gasteiger partial charge >= 0.3 is 0 Å². The lowest BCUT2D eigenvalue weighted by atomic mass is 10.1. The molecule has 0 aliphatic carbocycles. The maximum Gasteiger partial charge on any atom is 0.271 e. The number of aldehydes is 1. The van der Waals surface area contributed by atoms with Gasteiger partial charge < -0.3 is 38.5 Å². The number of unbranched alkanes of at least 4 members (excludes halogenated alkanes) is 1. The van der Waals surface area contributed by atoms with Crippen LogP contribution in [0.25, 0.3) is 0 Å². The average molecular weight is 528 g/mol. The first-order valence-corrected chi connectivity index (χ1v) is 11.6. The van der Waals surface area contributed by atoms with Gasteiger partial charge in [-0.15, -0.1) is 4.91 Å². The minimum absolute atomic E-state index is 0.134. The fourth-order valence-corrected chi connectivity index (χ4v) is 2.91. The molecule has 204 valence electrons. The van der Waals surface area contributed by atoms with E-state index in [1.165, 1.54) is 12.2 Å². The highest BCUT2D eigenvalue weighted by atomic mass is 16.2. The molecule has 0 fully saturated rings. The van der Waals surface area contributed by atoms with Crippen molar-refractivity contribution in [3.05, 3.63) is 76.2 Å². The zero-order valence-electron chi connectivity index (χ0n) is 20.7. The standard InChI is InChI=1S/C24H33N9O5/c25-11-5-4-9-19(32-21(35)18(26)13-16-7-2-1-3-8-16)23(37)33-20(10-6-12-29-24(27)28)22(36)31-17(15-34)14-30-38/h1-3,7-10,14-15,18H,4-6,11-13,25-26H2,(H,31,36)(H,32,35)(H,33,37)(H4,27,28,29)/b17-14+,19-9-,20-10-. The van der Waals surface area contributed by atoms with Gasteiger partial charge in [-0.05, 0) is 43.0 Å². The van der Waals surface area contributed by atoms with Gasteiger partial charge in [0.2, 0.25) is 5.91 Å². The van der Waals surface area contributed by atoms with Crippen LogP contribution < -0.4 is 38.5 Å². The average Bonchev–Trinajstić information content (AvgIpc) is 2.89. The van der Waals surface area contributed by atoms with Crippen molar-refractivity contribution in [1.82, 2.24) is 21.3 Å². The molecule has 0 radical (unpaired) electrons. The van der Waals surface area contributed by atoms with Gasteiger partial charge in [0.15, 0.2) is 12.2 Å². The Bertz CT molecular complexity index is 1080. The van der Waals surface area contributed by atoms with E-state index in [9.17, 15) is 24.1 Å². The van der Waals surface area contributed by atoms with Crippen LogP contribution in [0.15, 0.2) is 71.0 Å². The van der Waals surface area contributed by atoms with Gasteiger partial charge in [-0.3, -0.25) is 24.6 Å². The summed E-state index contributed by atoms with van der Waals surface area (Å²) in [6, 6.07) is 8.13. The molecule has 1 aromatic carbocycles. The van der Waals surface area contributed by atoms with E-state index in [4.69, 9.17) is 22.6 Å². The SMILES string of the molecule is N=C(N)NCC/C=C(\NC(=O)/C(=C/CCCN)NC(=O)C(N)Cc1ccccc1)C(=O)N/C(C=O)=C/N=O. The lowest BCUT2D eigenvalue weighted by molar-refractivity contribution is -0.125. The van der Waals surface area contributed by atoms with Gasteiger partial charge in [-0.1, -0.05) is 42.5 Å². The largest absolute Gasteiger partial charge is 0.370 e. The Labute approximate surface area is 219 Å². The minimum Gasteiger partial charge on any atom is -0.370 e. The van der Waals surface area contributed by atoms with Gasteiger partial charge in [-0.2, -0.15) is 0 Å². The van der Waals surface area contributed by atoms with Crippen LogP contribution in [0.1, 0.15) is 24.8 Å². The van der Waals surface area contributed by atoms with E-state index in [0.717, 1.165) is 5.56 Å². The maximum absolute atomic E-state index is 13.1. The van der Waals surface area contributed by atoms with Crippen LogP contribution in [-0.2, 0) is 25.6 Å². The lowest BCUT2D eigenvalue weighted by Gasteiger charge is -2.16. The molecule has 14 heteroatoms. The Hall–Kier alpha value is -4.69. The van der Waals surface area contributed by atoms with Gasteiger partial charge in [-0.25, -0.2) is 0 Å². The summed E-state index contributed by atoms with van der Waals surface area (Å²) >= 11 is 0. The highest BCUT2D eigenvalue weighted by molar-refractivity contribution is 6.05. The molecule has 1 rings (SSSR count). The maximum atomic E-state index is 13.1. The number of nitroso groups, excluding NO2 is 1. The van der Waals surface area contributed by atoms with Gasteiger partial charge in [0.05, 0.1) is 12.2 Å². The number of amides is 3. The molecule has 11 N–H and O–H groups in total. The summed E-state index contributed by atoms with van der Waals surface area (Å²) in [7, 11) is 0. The molecule has 14 nitrogen and oxygen atoms in total. The monoisotopic (exact) mass is 527 g/mol. The normalized spacial score (nSPS) is 12.6. The molecule has 0 bridgehead atoms. The second kappa shape index (κ2) is 17.7. The molecular weight excluding hydrogens is 494 g/mol. The molecule has 38 heavy (non-hydrogen) atoms. The molecule has 1 unspecified atom stereocenters. The molecule has 1 aromatic rings. The summed E-state index contributed by atoms with van der Waals surface area (Å²) < 4.78 is 0.